The molecule has 3 N–H and O–H groups in total. The molecule has 9 nitrogen and oxygen atoms in total. The van der Waals surface area contributed by atoms with Gasteiger partial charge in [0, 0.05) is 42.4 Å². The number of nitrogens with two attached hydrogens (primary N) is 1. The predicted molar refractivity (Wildman–Crippen MR) is 156 cm³/mol. The van der Waals surface area contributed by atoms with Gasteiger partial charge in [0.2, 0.25) is 10.0 Å². The molecular weight excluding hydrogens is 574 g/mol. The van der Waals surface area contributed by atoms with Crippen LogP contribution in [-0.2, 0) is 35.0 Å². The summed E-state index contributed by atoms with van der Waals surface area (Å²) in [6.45, 7) is 2.90. The van der Waals surface area contributed by atoms with E-state index in [2.05, 4.69) is 9.82 Å². The maximum Gasteiger partial charge on any atom is 0.231 e. The van der Waals surface area contributed by atoms with Gasteiger partial charge in [-0.3, -0.25) is 9.40 Å². The van der Waals surface area contributed by atoms with Crippen molar-refractivity contribution >= 4 is 49.4 Å². The molecule has 216 valence electrons. The highest BCUT2D eigenvalue weighted by molar-refractivity contribution is 7.92. The summed E-state index contributed by atoms with van der Waals surface area (Å²) in [5.41, 5.74) is 10.1. The Morgan fingerprint density at radius 2 is 1.85 bits per heavy atom. The van der Waals surface area contributed by atoms with Crippen LogP contribution in [0.5, 0.6) is 0 Å². The zero-order valence-corrected chi connectivity index (χ0v) is 24.2. The van der Waals surface area contributed by atoms with Crippen molar-refractivity contribution in [1.29, 1.82) is 0 Å². The van der Waals surface area contributed by atoms with Gasteiger partial charge in [0.05, 0.1) is 33.9 Å². The van der Waals surface area contributed by atoms with Crippen LogP contribution < -0.4 is 10.5 Å². The van der Waals surface area contributed by atoms with Gasteiger partial charge in [-0.1, -0.05) is 24.6 Å². The molecule has 0 saturated heterocycles. The molecule has 1 atom stereocenters. The second kappa shape index (κ2) is 11.4. The summed E-state index contributed by atoms with van der Waals surface area (Å²) in [6.07, 6.45) is 3.87. The van der Waals surface area contributed by atoms with Gasteiger partial charge in [-0.25, -0.2) is 22.2 Å². The van der Waals surface area contributed by atoms with E-state index in [1.54, 1.807) is 19.2 Å². The molecule has 0 amide bonds. The van der Waals surface area contributed by atoms with Crippen molar-refractivity contribution in [3.8, 4) is 11.1 Å². The van der Waals surface area contributed by atoms with Crippen LogP contribution in [0.1, 0.15) is 30.6 Å². The Morgan fingerprint density at radius 1 is 1.12 bits per heavy atom. The van der Waals surface area contributed by atoms with E-state index in [0.29, 0.717) is 57.3 Å². The number of hydrogen-bond donors (Lipinski definition) is 2. The number of anilines is 1. The van der Waals surface area contributed by atoms with Gasteiger partial charge in [-0.05, 0) is 48.7 Å². The van der Waals surface area contributed by atoms with E-state index in [4.69, 9.17) is 27.1 Å². The van der Waals surface area contributed by atoms with Crippen LogP contribution in [0.4, 0.5) is 14.6 Å². The number of hydrogen-bond acceptors (Lipinski definition) is 6. The van der Waals surface area contributed by atoms with E-state index in [9.17, 15) is 17.2 Å². The molecule has 0 aliphatic rings. The molecule has 0 spiro atoms. The topological polar surface area (TPSA) is 117 Å². The third-order valence-corrected chi connectivity index (χ3v) is 7.46. The molecule has 1 unspecified atom stereocenters. The van der Waals surface area contributed by atoms with Crippen molar-refractivity contribution < 1.29 is 21.9 Å². The molecular formula is C28H29ClF2N6O3S. The first-order valence-corrected chi connectivity index (χ1v) is 15.1. The molecule has 3 heterocycles. The van der Waals surface area contributed by atoms with E-state index in [1.165, 1.54) is 16.8 Å². The van der Waals surface area contributed by atoms with Gasteiger partial charge in [0.15, 0.2) is 5.82 Å². The molecule has 0 bridgehead atoms. The minimum Gasteiger partial charge on any atom is -0.361 e. The Kier molecular flexibility index (Phi) is 8.02. The van der Waals surface area contributed by atoms with Crippen molar-refractivity contribution in [2.45, 2.75) is 32.5 Å². The Labute approximate surface area is 240 Å². The quantitative estimate of drug-likeness (QED) is 0.203. The number of sulfonamides is 1. The van der Waals surface area contributed by atoms with Crippen molar-refractivity contribution in [1.82, 2.24) is 19.3 Å². The zero-order chi connectivity index (χ0) is 29.5. The van der Waals surface area contributed by atoms with E-state index in [1.807, 2.05) is 29.8 Å². The third kappa shape index (κ3) is 6.05. The van der Waals surface area contributed by atoms with Crippen molar-refractivity contribution in [2.24, 2.45) is 12.8 Å². The maximum atomic E-state index is 14.0. The van der Waals surface area contributed by atoms with E-state index in [0.717, 1.165) is 24.1 Å². The maximum absolute atomic E-state index is 14.0. The van der Waals surface area contributed by atoms with Crippen LogP contribution in [0, 0.1) is 11.6 Å². The monoisotopic (exact) mass is 602 g/mol. The SMILES string of the molecule is CCCOCn1ccc2cc(-c3ccc(Cl)c4c(NS(C)(=O)=O)nn(C)c34)c(C(N)Cc3cc(F)cc(F)c3)nc21. The molecule has 3 aromatic heterocycles. The van der Waals surface area contributed by atoms with E-state index in [-0.39, 0.29) is 12.2 Å². The number of benzene rings is 2. The van der Waals surface area contributed by atoms with Gasteiger partial charge in [-0.2, -0.15) is 5.10 Å². The van der Waals surface area contributed by atoms with Crippen LogP contribution in [0.2, 0.25) is 5.02 Å². The summed E-state index contributed by atoms with van der Waals surface area (Å²) in [5, 5.41) is 5.91. The predicted octanol–water partition coefficient (Wildman–Crippen LogP) is 5.52. The lowest BCUT2D eigenvalue weighted by Gasteiger charge is -2.18. The number of aryl methyl sites for hydroxylation is 1. The Bertz CT molecular complexity index is 1850. The first kappa shape index (κ1) is 28.9. The van der Waals surface area contributed by atoms with Crippen LogP contribution in [0.15, 0.2) is 48.7 Å². The molecule has 41 heavy (non-hydrogen) atoms. The standard InChI is InChI=1S/C28H29ClF2N6O3S/c1-4-9-40-15-37-8-7-17-13-21(25(33-28(17)37)23(32)12-16-10-18(30)14-19(31)11-16)20-5-6-22(29)24-26(20)36(2)34-27(24)35-41(3,38)39/h5-8,10-11,13-14,23H,4,9,12,15,32H2,1-3H3,(H,34,35). The average Bonchev–Trinajstić information content (AvgIpc) is 3.42. The minimum absolute atomic E-state index is 0.0891. The van der Waals surface area contributed by atoms with Crippen molar-refractivity contribution in [3.05, 3.63) is 76.6 Å². The first-order chi connectivity index (χ1) is 19.4. The summed E-state index contributed by atoms with van der Waals surface area (Å²) in [5.74, 6) is -1.30. The second-order valence-electron chi connectivity index (χ2n) is 9.91. The highest BCUT2D eigenvalue weighted by atomic mass is 35.5. The number of pyridine rings is 1. The van der Waals surface area contributed by atoms with Gasteiger partial charge >= 0.3 is 0 Å². The summed E-state index contributed by atoms with van der Waals surface area (Å²) < 4.78 is 63.6. The summed E-state index contributed by atoms with van der Waals surface area (Å²) in [6, 6.07) is 9.81. The first-order valence-electron chi connectivity index (χ1n) is 12.9. The highest BCUT2D eigenvalue weighted by Gasteiger charge is 2.24. The van der Waals surface area contributed by atoms with Crippen LogP contribution >= 0.6 is 11.6 Å². The average molecular weight is 603 g/mol. The zero-order valence-electron chi connectivity index (χ0n) is 22.7. The molecule has 13 heteroatoms. The van der Waals surface area contributed by atoms with E-state index < -0.39 is 27.7 Å². The molecule has 5 rings (SSSR count). The number of rotatable bonds is 10. The fourth-order valence-corrected chi connectivity index (χ4v) is 5.69. The molecule has 5 aromatic rings. The molecule has 0 aliphatic heterocycles. The molecule has 2 aromatic carbocycles. The Morgan fingerprint density at radius 3 is 2.54 bits per heavy atom. The van der Waals surface area contributed by atoms with E-state index >= 15 is 0 Å². The fourth-order valence-electron chi connectivity index (χ4n) is 4.96. The lowest BCUT2D eigenvalue weighted by Crippen LogP contribution is -2.17. The molecule has 0 fully saturated rings. The number of fused-ring (bicyclic) bond motifs is 2. The van der Waals surface area contributed by atoms with Gasteiger partial charge in [0.1, 0.15) is 24.0 Å². The van der Waals surface area contributed by atoms with Gasteiger partial charge in [0.25, 0.3) is 0 Å². The summed E-state index contributed by atoms with van der Waals surface area (Å²) >= 11 is 6.55. The number of ether oxygens (including phenoxy) is 1. The Balaban J connectivity index is 1.71. The lowest BCUT2D eigenvalue weighted by atomic mass is 9.94. The van der Waals surface area contributed by atoms with Gasteiger partial charge < -0.3 is 15.0 Å². The highest BCUT2D eigenvalue weighted by Crippen LogP contribution is 2.40. The molecule has 0 radical (unpaired) electrons. The van der Waals surface area contributed by atoms with Crippen LogP contribution in [0.3, 0.4) is 0 Å². The van der Waals surface area contributed by atoms with Crippen molar-refractivity contribution in [3.63, 3.8) is 0 Å². The number of nitrogens with one attached hydrogen (secondary N) is 1. The number of halogens is 3. The van der Waals surface area contributed by atoms with Crippen LogP contribution in [0.25, 0.3) is 33.1 Å². The lowest BCUT2D eigenvalue weighted by molar-refractivity contribution is 0.0800. The Hall–Kier alpha value is -3.58. The number of nitrogens with zero attached hydrogens (tertiary/aromatic N) is 4. The molecule has 0 aliphatic carbocycles. The fraction of sp³-hybridized carbons (Fsp3) is 0.286. The molecule has 0 saturated carbocycles. The number of aromatic nitrogens is 4. The van der Waals surface area contributed by atoms with Gasteiger partial charge in [-0.15, -0.1) is 0 Å². The largest absolute Gasteiger partial charge is 0.361 e. The second-order valence-corrected chi connectivity index (χ2v) is 12.1. The third-order valence-electron chi connectivity index (χ3n) is 6.58. The minimum atomic E-state index is -3.64. The smallest absolute Gasteiger partial charge is 0.231 e. The van der Waals surface area contributed by atoms with Crippen LogP contribution in [-0.4, -0.2) is 40.6 Å². The normalized spacial score (nSPS) is 12.9. The summed E-state index contributed by atoms with van der Waals surface area (Å²) in [4.78, 5) is 4.95. The van der Waals surface area contributed by atoms with Crippen molar-refractivity contribution in [2.75, 3.05) is 17.6 Å². The summed E-state index contributed by atoms with van der Waals surface area (Å²) in [7, 11) is -1.96.